The molecule has 0 aliphatic carbocycles. The van der Waals surface area contributed by atoms with Gasteiger partial charge in [-0.15, -0.1) is 5.10 Å². The lowest BCUT2D eigenvalue weighted by atomic mass is 10.3. The molecular weight excluding hydrogens is 176 g/mol. The molecule has 0 radical (unpaired) electrons. The molecule has 4 nitrogen and oxygen atoms in total. The van der Waals surface area contributed by atoms with Crippen molar-refractivity contribution in [3.63, 3.8) is 0 Å². The molecule has 0 fully saturated rings. The Hall–Kier alpha value is -1.84. The van der Waals surface area contributed by atoms with Crippen LogP contribution < -0.4 is 5.73 Å². The molecule has 72 valence electrons. The fourth-order valence-corrected chi connectivity index (χ4v) is 1.25. The fraction of sp³-hybridized carbons (Fsp3) is 0.200. The first kappa shape index (κ1) is 8.74. The molecule has 2 aromatic rings. The van der Waals surface area contributed by atoms with Gasteiger partial charge in [-0.25, -0.2) is 9.67 Å². The number of nitrogen functional groups attached to an aromatic ring is 1. The van der Waals surface area contributed by atoms with Gasteiger partial charge in [-0.05, 0) is 26.0 Å². The third-order valence-electron chi connectivity index (χ3n) is 2.04. The number of hydrogen-bond acceptors (Lipinski definition) is 3. The summed E-state index contributed by atoms with van der Waals surface area (Å²) in [5.41, 5.74) is 7.59. The molecule has 0 spiro atoms. The molecule has 0 aliphatic heterocycles. The van der Waals surface area contributed by atoms with E-state index in [1.165, 1.54) is 0 Å². The van der Waals surface area contributed by atoms with Gasteiger partial charge in [0.15, 0.2) is 5.82 Å². The monoisotopic (exact) mass is 188 g/mol. The summed E-state index contributed by atoms with van der Waals surface area (Å²) in [6.45, 7) is 3.87. The molecular formula is C10H12N4. The number of nitrogens with two attached hydrogens (primary N) is 1. The van der Waals surface area contributed by atoms with Crippen molar-refractivity contribution >= 4 is 5.82 Å². The molecule has 2 heterocycles. The van der Waals surface area contributed by atoms with Gasteiger partial charge in [0.05, 0.1) is 0 Å². The molecule has 0 aliphatic rings. The van der Waals surface area contributed by atoms with Crippen molar-refractivity contribution < 1.29 is 0 Å². The van der Waals surface area contributed by atoms with Crippen LogP contribution in [0.5, 0.6) is 0 Å². The Morgan fingerprint density at radius 2 is 2.07 bits per heavy atom. The lowest BCUT2D eigenvalue weighted by Gasteiger charge is -1.99. The second-order valence-corrected chi connectivity index (χ2v) is 3.28. The quantitative estimate of drug-likeness (QED) is 0.737. The first-order chi connectivity index (χ1) is 6.66. The summed E-state index contributed by atoms with van der Waals surface area (Å²) < 4.78 is 1.69. The van der Waals surface area contributed by atoms with Gasteiger partial charge in [-0.1, -0.05) is 6.07 Å². The predicted molar refractivity (Wildman–Crippen MR) is 55.2 cm³/mol. The lowest BCUT2D eigenvalue weighted by Crippen LogP contribution is -1.99. The van der Waals surface area contributed by atoms with Gasteiger partial charge in [0.25, 0.3) is 0 Å². The van der Waals surface area contributed by atoms with Gasteiger partial charge in [-0.2, -0.15) is 0 Å². The Morgan fingerprint density at radius 1 is 1.29 bits per heavy atom. The van der Waals surface area contributed by atoms with E-state index in [0.29, 0.717) is 5.82 Å². The highest BCUT2D eigenvalue weighted by Crippen LogP contribution is 2.11. The maximum Gasteiger partial charge on any atom is 0.153 e. The van der Waals surface area contributed by atoms with Gasteiger partial charge in [0.2, 0.25) is 0 Å². The minimum atomic E-state index is 0.549. The number of anilines is 1. The number of rotatable bonds is 1. The highest BCUT2D eigenvalue weighted by Gasteiger charge is 2.03. The summed E-state index contributed by atoms with van der Waals surface area (Å²) in [7, 11) is 0. The number of aromatic nitrogens is 3. The molecule has 0 atom stereocenters. The van der Waals surface area contributed by atoms with Crippen LogP contribution in [0.2, 0.25) is 0 Å². The number of pyridine rings is 1. The van der Waals surface area contributed by atoms with Crippen LogP contribution in [0.4, 0.5) is 5.82 Å². The Morgan fingerprint density at radius 3 is 2.64 bits per heavy atom. The lowest BCUT2D eigenvalue weighted by molar-refractivity contribution is 0.845. The summed E-state index contributed by atoms with van der Waals surface area (Å²) in [5, 5.41) is 4.15. The van der Waals surface area contributed by atoms with E-state index < -0.39 is 0 Å². The highest BCUT2D eigenvalue weighted by molar-refractivity contribution is 5.38. The van der Waals surface area contributed by atoms with Crippen LogP contribution in [0.1, 0.15) is 11.3 Å². The second-order valence-electron chi connectivity index (χ2n) is 3.28. The van der Waals surface area contributed by atoms with E-state index in [0.717, 1.165) is 17.1 Å². The van der Waals surface area contributed by atoms with Gasteiger partial charge in [0, 0.05) is 17.5 Å². The van der Waals surface area contributed by atoms with Crippen LogP contribution in [-0.4, -0.2) is 14.8 Å². The van der Waals surface area contributed by atoms with Crippen LogP contribution in [0.3, 0.4) is 0 Å². The van der Waals surface area contributed by atoms with Crippen LogP contribution in [-0.2, 0) is 0 Å². The van der Waals surface area contributed by atoms with E-state index in [-0.39, 0.29) is 0 Å². The highest BCUT2D eigenvalue weighted by atomic mass is 15.3. The van der Waals surface area contributed by atoms with E-state index in [9.17, 15) is 0 Å². The predicted octanol–water partition coefficient (Wildman–Crippen LogP) is 1.47. The number of hydrogen-bond donors (Lipinski definition) is 1. The molecule has 14 heavy (non-hydrogen) atoms. The fourth-order valence-electron chi connectivity index (χ4n) is 1.25. The van der Waals surface area contributed by atoms with E-state index in [1.54, 1.807) is 4.68 Å². The maximum absolute atomic E-state index is 5.66. The van der Waals surface area contributed by atoms with Crippen molar-refractivity contribution in [2.75, 3.05) is 5.73 Å². The van der Waals surface area contributed by atoms with Crippen LogP contribution in [0, 0.1) is 13.8 Å². The molecule has 2 N–H and O–H groups in total. The normalized spacial score (nSPS) is 10.4. The standard InChI is InChI=1S/C10H12N4/c1-7-6-14(13-10(7)11)9-5-3-4-8(2)12-9/h3-6H,1-2H3,(H2,11,13). The summed E-state index contributed by atoms with van der Waals surface area (Å²) >= 11 is 0. The SMILES string of the molecule is Cc1cccc(-n2cc(C)c(N)n2)n1. The smallest absolute Gasteiger partial charge is 0.153 e. The molecule has 0 aromatic carbocycles. The number of nitrogens with zero attached hydrogens (tertiary/aromatic N) is 3. The average Bonchev–Trinajstić information content (AvgIpc) is 2.47. The van der Waals surface area contributed by atoms with E-state index in [2.05, 4.69) is 10.1 Å². The van der Waals surface area contributed by atoms with Gasteiger partial charge in [-0.3, -0.25) is 0 Å². The third-order valence-corrected chi connectivity index (χ3v) is 2.04. The molecule has 2 rings (SSSR count). The van der Waals surface area contributed by atoms with E-state index in [4.69, 9.17) is 5.73 Å². The van der Waals surface area contributed by atoms with Crippen molar-refractivity contribution in [2.45, 2.75) is 13.8 Å². The van der Waals surface area contributed by atoms with Crippen molar-refractivity contribution in [3.8, 4) is 5.82 Å². The Bertz CT molecular complexity index is 439. The Labute approximate surface area is 82.4 Å². The Balaban J connectivity index is 2.49. The summed E-state index contributed by atoms with van der Waals surface area (Å²) in [4.78, 5) is 4.34. The van der Waals surface area contributed by atoms with Crippen molar-refractivity contribution in [3.05, 3.63) is 35.7 Å². The minimum Gasteiger partial charge on any atom is -0.382 e. The van der Waals surface area contributed by atoms with Crippen molar-refractivity contribution in [1.29, 1.82) is 0 Å². The largest absolute Gasteiger partial charge is 0.382 e. The molecule has 4 heteroatoms. The topological polar surface area (TPSA) is 56.7 Å². The first-order valence-corrected chi connectivity index (χ1v) is 4.42. The molecule has 0 amide bonds. The Kier molecular flexibility index (Phi) is 1.96. The summed E-state index contributed by atoms with van der Waals surface area (Å²) in [6.07, 6.45) is 1.87. The average molecular weight is 188 g/mol. The number of aryl methyl sites for hydroxylation is 2. The zero-order chi connectivity index (χ0) is 10.1. The van der Waals surface area contributed by atoms with Gasteiger partial charge < -0.3 is 5.73 Å². The molecule has 0 unspecified atom stereocenters. The van der Waals surface area contributed by atoms with Crippen molar-refractivity contribution in [2.24, 2.45) is 0 Å². The first-order valence-electron chi connectivity index (χ1n) is 4.42. The molecule has 0 saturated carbocycles. The van der Waals surface area contributed by atoms with Crippen LogP contribution in [0.25, 0.3) is 5.82 Å². The maximum atomic E-state index is 5.66. The van der Waals surface area contributed by atoms with E-state index in [1.807, 2.05) is 38.2 Å². The summed E-state index contributed by atoms with van der Waals surface area (Å²) in [5.74, 6) is 1.35. The summed E-state index contributed by atoms with van der Waals surface area (Å²) in [6, 6.07) is 5.80. The zero-order valence-electron chi connectivity index (χ0n) is 8.23. The zero-order valence-corrected chi connectivity index (χ0v) is 8.23. The van der Waals surface area contributed by atoms with Gasteiger partial charge in [0.1, 0.15) is 5.82 Å². The molecule has 0 saturated heterocycles. The van der Waals surface area contributed by atoms with E-state index >= 15 is 0 Å². The van der Waals surface area contributed by atoms with Crippen molar-refractivity contribution in [1.82, 2.24) is 14.8 Å². The second kappa shape index (κ2) is 3.14. The van der Waals surface area contributed by atoms with Gasteiger partial charge >= 0.3 is 0 Å². The van der Waals surface area contributed by atoms with Crippen LogP contribution in [0.15, 0.2) is 24.4 Å². The van der Waals surface area contributed by atoms with Crippen LogP contribution >= 0.6 is 0 Å². The molecule has 2 aromatic heterocycles. The minimum absolute atomic E-state index is 0.549. The molecule has 0 bridgehead atoms. The third kappa shape index (κ3) is 1.46.